The van der Waals surface area contributed by atoms with Crippen LogP contribution in [0.3, 0.4) is 0 Å². The van der Waals surface area contributed by atoms with Crippen molar-refractivity contribution in [3.63, 3.8) is 0 Å². The van der Waals surface area contributed by atoms with E-state index in [0.717, 1.165) is 12.8 Å². The van der Waals surface area contributed by atoms with E-state index in [9.17, 15) is 20.4 Å². The molecule has 0 aromatic carbocycles. The van der Waals surface area contributed by atoms with Crippen LogP contribution in [-0.2, 0) is 0 Å². The van der Waals surface area contributed by atoms with Crippen molar-refractivity contribution in [3.05, 3.63) is 0 Å². The number of rotatable bonds is 2. The molecule has 3 fully saturated rings. The van der Waals surface area contributed by atoms with Crippen molar-refractivity contribution >= 4 is 0 Å². The minimum Gasteiger partial charge on any atom is -0.396 e. The summed E-state index contributed by atoms with van der Waals surface area (Å²) >= 11 is 0. The highest BCUT2D eigenvalue weighted by molar-refractivity contribution is 5.31. The maximum atomic E-state index is 11.1. The van der Waals surface area contributed by atoms with E-state index in [1.165, 1.54) is 0 Å². The van der Waals surface area contributed by atoms with Crippen molar-refractivity contribution in [1.82, 2.24) is 0 Å². The first-order valence-electron chi connectivity index (χ1n) is 7.30. The summed E-state index contributed by atoms with van der Waals surface area (Å²) in [5, 5.41) is 41.4. The van der Waals surface area contributed by atoms with Gasteiger partial charge in [0.05, 0.1) is 24.9 Å². The van der Waals surface area contributed by atoms with E-state index >= 15 is 0 Å². The van der Waals surface area contributed by atoms with Gasteiger partial charge in [-0.05, 0) is 43.4 Å². The van der Waals surface area contributed by atoms with Crippen LogP contribution in [0.4, 0.5) is 0 Å². The van der Waals surface area contributed by atoms with Crippen molar-refractivity contribution in [2.45, 2.75) is 51.7 Å². The fourth-order valence-corrected chi connectivity index (χ4v) is 5.56. The molecule has 4 N–H and O–H groups in total. The lowest BCUT2D eigenvalue weighted by Crippen LogP contribution is -2.59. The first-order chi connectivity index (χ1) is 8.67. The maximum absolute atomic E-state index is 11.1. The van der Waals surface area contributed by atoms with E-state index in [0.29, 0.717) is 6.42 Å². The third kappa shape index (κ3) is 1.34. The smallest absolute Gasteiger partial charge is 0.0736 e. The van der Waals surface area contributed by atoms with E-state index in [-0.39, 0.29) is 30.5 Å². The Morgan fingerprint density at radius 1 is 1.05 bits per heavy atom. The predicted molar refractivity (Wildman–Crippen MR) is 70.3 cm³/mol. The van der Waals surface area contributed by atoms with Crippen LogP contribution in [0.5, 0.6) is 0 Å². The van der Waals surface area contributed by atoms with Crippen LogP contribution in [0, 0.1) is 28.1 Å². The van der Waals surface area contributed by atoms with E-state index < -0.39 is 22.5 Å². The van der Waals surface area contributed by atoms with Gasteiger partial charge in [-0.15, -0.1) is 0 Å². The van der Waals surface area contributed by atoms with Gasteiger partial charge in [-0.25, -0.2) is 0 Å². The molecular weight excluding hydrogens is 244 g/mol. The van der Waals surface area contributed by atoms with E-state index in [1.807, 2.05) is 0 Å². The second-order valence-electron chi connectivity index (χ2n) is 8.17. The average molecular weight is 270 g/mol. The number of aliphatic hydroxyl groups is 4. The third-order valence-corrected chi connectivity index (χ3v) is 6.74. The normalized spacial score (nSPS) is 58.6. The fourth-order valence-electron chi connectivity index (χ4n) is 5.56. The van der Waals surface area contributed by atoms with Gasteiger partial charge in [0.25, 0.3) is 0 Å². The molecule has 0 aromatic heterocycles. The summed E-state index contributed by atoms with van der Waals surface area (Å²) in [5.41, 5.74) is -2.34. The van der Waals surface area contributed by atoms with Crippen molar-refractivity contribution in [1.29, 1.82) is 0 Å². The SMILES string of the molecule is CC1(C)C[C@H]2[C@H](O)[C@]3(CO)C[C@]3(CO)[C@@](C)(O)[C@H]2C1. The molecule has 0 heterocycles. The van der Waals surface area contributed by atoms with Crippen LogP contribution in [0.1, 0.15) is 40.0 Å². The molecule has 0 amide bonds. The lowest BCUT2D eigenvalue weighted by atomic mass is 9.59. The van der Waals surface area contributed by atoms with E-state index in [2.05, 4.69) is 13.8 Å². The highest BCUT2D eigenvalue weighted by Gasteiger charge is 2.83. The molecule has 3 aliphatic carbocycles. The van der Waals surface area contributed by atoms with Gasteiger partial charge in [-0.2, -0.15) is 0 Å². The van der Waals surface area contributed by atoms with Gasteiger partial charge in [0.1, 0.15) is 0 Å². The standard InChI is InChI=1S/C15H26O4/c1-12(2)4-9-10(5-12)13(3,19)15(8-17)6-14(15,7-16)11(9)18/h9-11,16-19H,4-8H2,1-3H3/t9-,10+,11+,13+,14-,15+/m1/s1. The Morgan fingerprint density at radius 3 is 2.21 bits per heavy atom. The van der Waals surface area contributed by atoms with Crippen LogP contribution in [-0.4, -0.2) is 45.3 Å². The highest BCUT2D eigenvalue weighted by Crippen LogP contribution is 2.78. The van der Waals surface area contributed by atoms with Gasteiger partial charge < -0.3 is 20.4 Å². The van der Waals surface area contributed by atoms with Crippen molar-refractivity contribution < 1.29 is 20.4 Å². The van der Waals surface area contributed by atoms with Crippen LogP contribution in [0.25, 0.3) is 0 Å². The monoisotopic (exact) mass is 270 g/mol. The van der Waals surface area contributed by atoms with Gasteiger partial charge in [-0.1, -0.05) is 13.8 Å². The molecule has 0 spiro atoms. The van der Waals surface area contributed by atoms with Crippen molar-refractivity contribution in [2.75, 3.05) is 13.2 Å². The summed E-state index contributed by atoms with van der Waals surface area (Å²) < 4.78 is 0. The Morgan fingerprint density at radius 2 is 1.68 bits per heavy atom. The molecule has 110 valence electrons. The molecule has 3 aliphatic rings. The molecule has 0 unspecified atom stereocenters. The van der Waals surface area contributed by atoms with Gasteiger partial charge in [0, 0.05) is 10.8 Å². The lowest BCUT2D eigenvalue weighted by molar-refractivity contribution is -0.185. The quantitative estimate of drug-likeness (QED) is 0.590. The molecule has 4 nitrogen and oxygen atoms in total. The Bertz CT molecular complexity index is 405. The molecular formula is C15H26O4. The number of fused-ring (bicyclic) bond motifs is 2. The molecule has 0 radical (unpaired) electrons. The minimum absolute atomic E-state index is 0.00632. The topological polar surface area (TPSA) is 80.9 Å². The molecule has 19 heavy (non-hydrogen) atoms. The Labute approximate surface area is 114 Å². The lowest BCUT2D eigenvalue weighted by Gasteiger charge is -2.50. The average Bonchev–Trinajstić information content (AvgIpc) is 2.93. The van der Waals surface area contributed by atoms with Gasteiger partial charge >= 0.3 is 0 Å². The Balaban J connectivity index is 2.06. The first kappa shape index (κ1) is 13.8. The van der Waals surface area contributed by atoms with Gasteiger partial charge in [-0.3, -0.25) is 0 Å². The number of hydrogen-bond acceptors (Lipinski definition) is 4. The van der Waals surface area contributed by atoms with Crippen LogP contribution in [0.15, 0.2) is 0 Å². The minimum atomic E-state index is -1.01. The Kier molecular flexibility index (Phi) is 2.57. The number of aliphatic hydroxyl groups excluding tert-OH is 3. The second kappa shape index (κ2) is 3.53. The zero-order valence-electron chi connectivity index (χ0n) is 12.1. The molecule has 6 atom stereocenters. The van der Waals surface area contributed by atoms with Crippen LogP contribution in [0.2, 0.25) is 0 Å². The largest absolute Gasteiger partial charge is 0.396 e. The summed E-state index contributed by atoms with van der Waals surface area (Å²) in [5.74, 6) is 0.0335. The summed E-state index contributed by atoms with van der Waals surface area (Å²) in [6.07, 6.45) is 1.65. The molecule has 0 saturated heterocycles. The van der Waals surface area contributed by atoms with E-state index in [4.69, 9.17) is 0 Å². The third-order valence-electron chi connectivity index (χ3n) is 6.74. The van der Waals surface area contributed by atoms with Crippen molar-refractivity contribution in [2.24, 2.45) is 28.1 Å². The Hall–Kier alpha value is -0.160. The zero-order chi connectivity index (χ0) is 14.3. The molecule has 4 heteroatoms. The second-order valence-corrected chi connectivity index (χ2v) is 8.17. The predicted octanol–water partition coefficient (Wildman–Crippen LogP) is 0.525. The molecule has 3 rings (SSSR count). The van der Waals surface area contributed by atoms with Gasteiger partial charge in [0.2, 0.25) is 0 Å². The summed E-state index contributed by atoms with van der Waals surface area (Å²) in [7, 11) is 0. The first-order valence-corrected chi connectivity index (χ1v) is 7.30. The summed E-state index contributed by atoms with van der Waals surface area (Å²) in [6, 6.07) is 0. The van der Waals surface area contributed by atoms with Gasteiger partial charge in [0.15, 0.2) is 0 Å². The van der Waals surface area contributed by atoms with Crippen LogP contribution < -0.4 is 0 Å². The summed E-state index contributed by atoms with van der Waals surface area (Å²) in [6.45, 7) is 5.80. The highest BCUT2D eigenvalue weighted by atomic mass is 16.3. The molecule has 0 bridgehead atoms. The molecule has 0 aromatic rings. The van der Waals surface area contributed by atoms with Crippen molar-refractivity contribution in [3.8, 4) is 0 Å². The van der Waals surface area contributed by atoms with E-state index in [1.54, 1.807) is 6.92 Å². The summed E-state index contributed by atoms with van der Waals surface area (Å²) in [4.78, 5) is 0. The van der Waals surface area contributed by atoms with Crippen LogP contribution >= 0.6 is 0 Å². The molecule has 0 aliphatic heterocycles. The maximum Gasteiger partial charge on any atom is 0.0736 e. The fraction of sp³-hybridized carbons (Fsp3) is 1.00. The zero-order valence-corrected chi connectivity index (χ0v) is 12.1. The number of hydrogen-bond donors (Lipinski definition) is 4. The molecule has 3 saturated carbocycles.